The minimum Gasteiger partial charge on any atom is -0.346 e. The first-order chi connectivity index (χ1) is 8.65. The van der Waals surface area contributed by atoms with Gasteiger partial charge in [0.05, 0.1) is 10.6 Å². The topological polar surface area (TPSA) is 33.2 Å². The molecule has 0 spiro atoms. The summed E-state index contributed by atoms with van der Waals surface area (Å²) < 4.78 is 0. The number of rotatable bonds is 4. The van der Waals surface area contributed by atoms with Crippen LogP contribution in [0.2, 0.25) is 0 Å². The molecular weight excluding hydrogens is 264 g/mol. The maximum absolute atomic E-state index is 11.1. The molecule has 1 unspecified atom stereocenters. The van der Waals surface area contributed by atoms with Crippen LogP contribution >= 0.6 is 23.1 Å². The molecule has 0 aromatic carbocycles. The zero-order chi connectivity index (χ0) is 13.1. The maximum Gasteiger partial charge on any atom is 0.186 e. The highest BCUT2D eigenvalue weighted by Crippen LogP contribution is 2.32. The second kappa shape index (κ2) is 6.06. The van der Waals surface area contributed by atoms with Gasteiger partial charge in [0, 0.05) is 24.1 Å². The van der Waals surface area contributed by atoms with Crippen LogP contribution in [0, 0.1) is 0 Å². The van der Waals surface area contributed by atoms with Crippen molar-refractivity contribution in [2.75, 3.05) is 23.7 Å². The van der Waals surface area contributed by atoms with E-state index < -0.39 is 0 Å². The second-order valence-corrected chi connectivity index (χ2v) is 7.28. The van der Waals surface area contributed by atoms with E-state index in [1.165, 1.54) is 6.42 Å². The van der Waals surface area contributed by atoms with Gasteiger partial charge in [0.2, 0.25) is 0 Å². The van der Waals surface area contributed by atoms with Crippen molar-refractivity contribution in [1.82, 2.24) is 4.98 Å². The van der Waals surface area contributed by atoms with Crippen molar-refractivity contribution in [2.24, 2.45) is 0 Å². The molecule has 0 bridgehead atoms. The van der Waals surface area contributed by atoms with Crippen molar-refractivity contribution >= 4 is 34.5 Å². The molecule has 0 radical (unpaired) electrons. The Morgan fingerprint density at radius 1 is 1.56 bits per heavy atom. The molecule has 1 atom stereocenters. The predicted octanol–water partition coefficient (Wildman–Crippen LogP) is 3.41. The Morgan fingerprint density at radius 2 is 2.33 bits per heavy atom. The third kappa shape index (κ3) is 2.88. The van der Waals surface area contributed by atoms with Gasteiger partial charge in [0.25, 0.3) is 0 Å². The Hall–Kier alpha value is -0.550. The molecule has 3 nitrogen and oxygen atoms in total. The van der Waals surface area contributed by atoms with Gasteiger partial charge in [-0.3, -0.25) is 4.79 Å². The Balaban J connectivity index is 2.20. The number of aldehydes is 1. The molecule has 1 aromatic rings. The Labute approximate surface area is 117 Å². The monoisotopic (exact) mass is 284 g/mol. The summed E-state index contributed by atoms with van der Waals surface area (Å²) >= 11 is 3.59. The second-order valence-electron chi connectivity index (χ2n) is 4.87. The van der Waals surface area contributed by atoms with Gasteiger partial charge in [0.15, 0.2) is 11.4 Å². The number of hydrogen-bond donors (Lipinski definition) is 0. The lowest BCUT2D eigenvalue weighted by Gasteiger charge is -2.31. The number of thioether (sulfide) groups is 1. The number of anilines is 1. The van der Waals surface area contributed by atoms with Gasteiger partial charge in [-0.15, -0.1) is 0 Å². The van der Waals surface area contributed by atoms with Crippen LogP contribution in [0.3, 0.4) is 0 Å². The average Bonchev–Trinajstić information content (AvgIpc) is 2.83. The van der Waals surface area contributed by atoms with Crippen LogP contribution < -0.4 is 4.90 Å². The van der Waals surface area contributed by atoms with Crippen molar-refractivity contribution in [2.45, 2.75) is 38.4 Å². The quantitative estimate of drug-likeness (QED) is 0.793. The first kappa shape index (κ1) is 13.9. The highest BCUT2D eigenvalue weighted by Gasteiger charge is 2.23. The lowest BCUT2D eigenvalue weighted by molar-refractivity contribution is 0.112. The van der Waals surface area contributed by atoms with Crippen molar-refractivity contribution < 1.29 is 4.79 Å². The number of aromatic nitrogens is 1. The summed E-state index contributed by atoms with van der Waals surface area (Å²) in [6.07, 6.45) is 2.15. The van der Waals surface area contributed by atoms with E-state index >= 15 is 0 Å². The molecule has 0 N–H and O–H groups in total. The van der Waals surface area contributed by atoms with Crippen molar-refractivity contribution in [3.8, 4) is 0 Å². The predicted molar refractivity (Wildman–Crippen MR) is 80.3 cm³/mol. The minimum atomic E-state index is 0.316. The fraction of sp³-hybridized carbons (Fsp3) is 0.692. The van der Waals surface area contributed by atoms with Gasteiger partial charge in [-0.2, -0.15) is 11.8 Å². The van der Waals surface area contributed by atoms with Gasteiger partial charge >= 0.3 is 0 Å². The normalized spacial score (nSPS) is 20.4. The Kier molecular flexibility index (Phi) is 4.67. The first-order valence-electron chi connectivity index (χ1n) is 6.48. The van der Waals surface area contributed by atoms with Crippen LogP contribution in [0.15, 0.2) is 0 Å². The largest absolute Gasteiger partial charge is 0.346 e. The number of thiazole rings is 1. The number of hydrogen-bond acceptors (Lipinski definition) is 5. The highest BCUT2D eigenvalue weighted by molar-refractivity contribution is 8.00. The lowest BCUT2D eigenvalue weighted by Crippen LogP contribution is -2.37. The van der Waals surface area contributed by atoms with E-state index in [2.05, 4.69) is 42.4 Å². The van der Waals surface area contributed by atoms with Crippen LogP contribution in [0.5, 0.6) is 0 Å². The first-order valence-corrected chi connectivity index (χ1v) is 8.34. The van der Waals surface area contributed by atoms with E-state index in [1.54, 1.807) is 11.3 Å². The molecule has 0 saturated carbocycles. The molecule has 2 rings (SSSR count). The van der Waals surface area contributed by atoms with Gasteiger partial charge < -0.3 is 4.90 Å². The summed E-state index contributed by atoms with van der Waals surface area (Å²) in [6.45, 7) is 8.52. The Bertz CT molecular complexity index is 417. The van der Waals surface area contributed by atoms with Gasteiger partial charge in [-0.05, 0) is 12.3 Å². The van der Waals surface area contributed by atoms with E-state index in [0.29, 0.717) is 11.2 Å². The summed E-state index contributed by atoms with van der Waals surface area (Å²) in [6, 6.07) is 0. The van der Waals surface area contributed by atoms with Gasteiger partial charge in [-0.1, -0.05) is 32.1 Å². The van der Waals surface area contributed by atoms with E-state index in [1.807, 2.05) is 0 Å². The van der Waals surface area contributed by atoms with Crippen LogP contribution in [0.25, 0.3) is 0 Å². The fourth-order valence-electron chi connectivity index (χ4n) is 2.10. The zero-order valence-electron chi connectivity index (χ0n) is 11.2. The van der Waals surface area contributed by atoms with Crippen LogP contribution in [0.1, 0.15) is 48.5 Å². The SMILES string of the molecule is CCC1CN(c2nc(C(C)C)c(C=O)s2)CCS1. The highest BCUT2D eigenvalue weighted by atomic mass is 32.2. The molecule has 2 heterocycles. The van der Waals surface area contributed by atoms with E-state index in [9.17, 15) is 4.79 Å². The molecule has 1 aliphatic rings. The van der Waals surface area contributed by atoms with Gasteiger partial charge in [0.1, 0.15) is 0 Å². The van der Waals surface area contributed by atoms with E-state index in [0.717, 1.165) is 40.8 Å². The summed E-state index contributed by atoms with van der Waals surface area (Å²) in [7, 11) is 0. The molecule has 1 aromatic heterocycles. The zero-order valence-corrected chi connectivity index (χ0v) is 12.8. The molecule has 1 aliphatic heterocycles. The summed E-state index contributed by atoms with van der Waals surface area (Å²) in [5.41, 5.74) is 0.955. The minimum absolute atomic E-state index is 0.316. The smallest absolute Gasteiger partial charge is 0.186 e. The molecule has 1 fully saturated rings. The van der Waals surface area contributed by atoms with E-state index in [-0.39, 0.29) is 0 Å². The van der Waals surface area contributed by atoms with Crippen LogP contribution in [-0.2, 0) is 0 Å². The van der Waals surface area contributed by atoms with Crippen molar-refractivity contribution in [3.63, 3.8) is 0 Å². The summed E-state index contributed by atoms with van der Waals surface area (Å²) in [4.78, 5) is 18.9. The summed E-state index contributed by atoms with van der Waals surface area (Å²) in [5.74, 6) is 1.47. The molecule has 0 amide bonds. The van der Waals surface area contributed by atoms with Gasteiger partial charge in [-0.25, -0.2) is 4.98 Å². The third-order valence-electron chi connectivity index (χ3n) is 3.19. The average molecular weight is 284 g/mol. The molecule has 0 aliphatic carbocycles. The number of carbonyl (C=O) groups is 1. The standard InChI is InChI=1S/C13H20N2OS2/c1-4-10-7-15(5-6-17-10)13-14-12(9(2)3)11(8-16)18-13/h8-10H,4-7H2,1-3H3. The number of nitrogens with zero attached hydrogens (tertiary/aromatic N) is 2. The van der Waals surface area contributed by atoms with E-state index in [4.69, 9.17) is 0 Å². The molecule has 100 valence electrons. The summed E-state index contributed by atoms with van der Waals surface area (Å²) in [5, 5.41) is 1.73. The number of carbonyl (C=O) groups excluding carboxylic acids is 1. The Morgan fingerprint density at radius 3 is 2.89 bits per heavy atom. The van der Waals surface area contributed by atoms with Crippen molar-refractivity contribution in [1.29, 1.82) is 0 Å². The molecular formula is C13H20N2OS2. The van der Waals surface area contributed by atoms with Crippen molar-refractivity contribution in [3.05, 3.63) is 10.6 Å². The molecule has 18 heavy (non-hydrogen) atoms. The lowest BCUT2D eigenvalue weighted by atomic mass is 10.1. The third-order valence-corrected chi connectivity index (χ3v) is 5.62. The maximum atomic E-state index is 11.1. The molecule has 1 saturated heterocycles. The fourth-order valence-corrected chi connectivity index (χ4v) is 4.35. The van der Waals surface area contributed by atoms with Crippen LogP contribution in [-0.4, -0.2) is 35.4 Å². The van der Waals surface area contributed by atoms with Crippen LogP contribution in [0.4, 0.5) is 5.13 Å². The molecule has 5 heteroatoms.